The van der Waals surface area contributed by atoms with Gasteiger partial charge in [0.05, 0.1) is 11.6 Å². The first kappa shape index (κ1) is 14.4. The first-order valence-corrected chi connectivity index (χ1v) is 7.16. The summed E-state index contributed by atoms with van der Waals surface area (Å²) in [6.07, 6.45) is 0.513. The lowest BCUT2D eigenvalue weighted by molar-refractivity contribution is 0.254. The van der Waals surface area contributed by atoms with Gasteiger partial charge in [-0.3, -0.25) is 0 Å². The predicted octanol–water partition coefficient (Wildman–Crippen LogP) is 1.70. The largest absolute Gasteiger partial charge is 0.395 e. The maximum absolute atomic E-state index is 12.0. The minimum absolute atomic E-state index is 0.0386. The van der Waals surface area contributed by atoms with Gasteiger partial charge < -0.3 is 5.11 Å². The summed E-state index contributed by atoms with van der Waals surface area (Å²) < 4.78 is 26.4. The van der Waals surface area contributed by atoms with E-state index in [1.165, 1.54) is 6.07 Å². The quantitative estimate of drug-likeness (QED) is 0.861. The monoisotopic (exact) mass is 277 g/mol. The van der Waals surface area contributed by atoms with Gasteiger partial charge >= 0.3 is 0 Å². The Morgan fingerprint density at radius 1 is 1.47 bits per heavy atom. The van der Waals surface area contributed by atoms with Crippen molar-refractivity contribution >= 4 is 21.6 Å². The maximum atomic E-state index is 12.0. The molecule has 0 aliphatic heterocycles. The van der Waals surface area contributed by atoms with Crippen LogP contribution in [0.5, 0.6) is 0 Å². The maximum Gasteiger partial charge on any atom is 0.242 e. The topological polar surface area (TPSA) is 66.4 Å². The number of aliphatic hydroxyl groups excluding tert-OH is 1. The molecule has 0 aromatic heterocycles. The molecule has 17 heavy (non-hydrogen) atoms. The van der Waals surface area contributed by atoms with Crippen LogP contribution in [0.25, 0.3) is 0 Å². The van der Waals surface area contributed by atoms with Gasteiger partial charge in [-0.25, -0.2) is 13.1 Å². The fourth-order valence-corrected chi connectivity index (χ4v) is 3.27. The Morgan fingerprint density at radius 2 is 2.12 bits per heavy atom. The number of aryl methyl sites for hydroxylation is 1. The molecule has 0 bridgehead atoms. The Labute approximate surface area is 107 Å². The lowest BCUT2D eigenvalue weighted by Crippen LogP contribution is -2.37. The summed E-state index contributed by atoms with van der Waals surface area (Å²) in [5, 5.41) is 9.18. The van der Waals surface area contributed by atoms with Crippen LogP contribution in [-0.2, 0) is 10.0 Å². The number of rotatable bonds is 5. The van der Waals surface area contributed by atoms with Gasteiger partial charge in [0.25, 0.3) is 0 Å². The molecular formula is C11H16ClNO3S. The van der Waals surface area contributed by atoms with E-state index in [4.69, 9.17) is 16.7 Å². The molecule has 0 fully saturated rings. The molecule has 4 nitrogen and oxygen atoms in total. The molecule has 96 valence electrons. The van der Waals surface area contributed by atoms with Gasteiger partial charge in [0.1, 0.15) is 4.90 Å². The zero-order valence-electron chi connectivity index (χ0n) is 9.77. The van der Waals surface area contributed by atoms with Crippen LogP contribution in [0.15, 0.2) is 23.1 Å². The van der Waals surface area contributed by atoms with Crippen LogP contribution in [0.2, 0.25) is 5.02 Å². The number of hydrogen-bond acceptors (Lipinski definition) is 3. The zero-order valence-corrected chi connectivity index (χ0v) is 11.3. The molecule has 1 atom stereocenters. The van der Waals surface area contributed by atoms with Crippen molar-refractivity contribution in [1.29, 1.82) is 0 Å². The normalized spacial score (nSPS) is 13.6. The third-order valence-corrected chi connectivity index (χ3v) is 4.42. The van der Waals surface area contributed by atoms with Gasteiger partial charge in [-0.05, 0) is 31.0 Å². The van der Waals surface area contributed by atoms with Gasteiger partial charge in [0.15, 0.2) is 0 Å². The Bertz CT molecular complexity index is 483. The molecular weight excluding hydrogens is 262 g/mol. The average Bonchev–Trinajstić information content (AvgIpc) is 2.25. The highest BCUT2D eigenvalue weighted by atomic mass is 35.5. The van der Waals surface area contributed by atoms with Crippen molar-refractivity contribution in [3.05, 3.63) is 28.8 Å². The molecule has 6 heteroatoms. The molecule has 1 aromatic carbocycles. The second-order valence-electron chi connectivity index (χ2n) is 3.84. The number of sulfonamides is 1. The van der Waals surface area contributed by atoms with Crippen LogP contribution in [0.3, 0.4) is 0 Å². The van der Waals surface area contributed by atoms with Crippen molar-refractivity contribution in [3.8, 4) is 0 Å². The van der Waals surface area contributed by atoms with Gasteiger partial charge in [-0.1, -0.05) is 24.6 Å². The van der Waals surface area contributed by atoms with Crippen LogP contribution >= 0.6 is 11.6 Å². The van der Waals surface area contributed by atoms with Crippen LogP contribution in [0, 0.1) is 6.92 Å². The van der Waals surface area contributed by atoms with Crippen LogP contribution in [0.4, 0.5) is 0 Å². The summed E-state index contributed by atoms with van der Waals surface area (Å²) in [4.78, 5) is 0.0386. The molecule has 0 saturated heterocycles. The first-order chi connectivity index (χ1) is 7.90. The molecule has 0 spiro atoms. The van der Waals surface area contributed by atoms with Gasteiger partial charge in [0.2, 0.25) is 10.0 Å². The molecule has 0 amide bonds. The molecule has 0 saturated carbocycles. The summed E-state index contributed by atoms with van der Waals surface area (Å²) in [5.41, 5.74) is 0.892. The average molecular weight is 278 g/mol. The summed E-state index contributed by atoms with van der Waals surface area (Å²) in [6, 6.07) is 4.25. The number of aliphatic hydroxyl groups is 1. The SMILES string of the molecule is CCC(CO)NS(=O)(=O)c1ccc(C)cc1Cl. The molecule has 0 radical (unpaired) electrons. The van der Waals surface area contributed by atoms with Gasteiger partial charge in [-0.15, -0.1) is 0 Å². The van der Waals surface area contributed by atoms with E-state index in [0.29, 0.717) is 6.42 Å². The van der Waals surface area contributed by atoms with Crippen molar-refractivity contribution in [1.82, 2.24) is 4.72 Å². The second-order valence-corrected chi connectivity index (χ2v) is 5.93. The first-order valence-electron chi connectivity index (χ1n) is 5.30. The lowest BCUT2D eigenvalue weighted by Gasteiger charge is -2.15. The lowest BCUT2D eigenvalue weighted by atomic mass is 10.2. The summed E-state index contributed by atoms with van der Waals surface area (Å²) >= 11 is 5.90. The van der Waals surface area contributed by atoms with Crippen molar-refractivity contribution < 1.29 is 13.5 Å². The molecule has 0 aliphatic rings. The highest BCUT2D eigenvalue weighted by molar-refractivity contribution is 7.89. The zero-order chi connectivity index (χ0) is 13.1. The van der Waals surface area contributed by atoms with E-state index >= 15 is 0 Å². The molecule has 1 rings (SSSR count). The Balaban J connectivity index is 3.05. The molecule has 2 N–H and O–H groups in total. The third-order valence-electron chi connectivity index (χ3n) is 2.41. The van der Waals surface area contributed by atoms with E-state index in [-0.39, 0.29) is 16.5 Å². The smallest absolute Gasteiger partial charge is 0.242 e. The van der Waals surface area contributed by atoms with Crippen molar-refractivity contribution in [2.75, 3.05) is 6.61 Å². The fraction of sp³-hybridized carbons (Fsp3) is 0.455. The standard InChI is InChI=1S/C11H16ClNO3S/c1-3-9(7-14)13-17(15,16)11-5-4-8(2)6-10(11)12/h4-6,9,13-14H,3,7H2,1-2H3. The van der Waals surface area contributed by atoms with Crippen LogP contribution in [0.1, 0.15) is 18.9 Å². The highest BCUT2D eigenvalue weighted by Crippen LogP contribution is 2.22. The van der Waals surface area contributed by atoms with Crippen molar-refractivity contribution in [2.24, 2.45) is 0 Å². The Hall–Kier alpha value is -0.620. The summed E-state index contributed by atoms with van der Waals surface area (Å²) in [7, 11) is -3.67. The number of hydrogen-bond donors (Lipinski definition) is 2. The number of nitrogens with one attached hydrogen (secondary N) is 1. The molecule has 1 unspecified atom stereocenters. The Kier molecular flexibility index (Phi) is 4.94. The number of halogens is 1. The second kappa shape index (κ2) is 5.82. The van der Waals surface area contributed by atoms with E-state index < -0.39 is 16.1 Å². The van der Waals surface area contributed by atoms with Crippen LogP contribution in [-0.4, -0.2) is 26.2 Å². The van der Waals surface area contributed by atoms with E-state index in [0.717, 1.165) is 5.56 Å². The van der Waals surface area contributed by atoms with E-state index in [1.807, 2.05) is 6.92 Å². The number of benzene rings is 1. The van der Waals surface area contributed by atoms with Crippen LogP contribution < -0.4 is 4.72 Å². The molecule has 0 heterocycles. The van der Waals surface area contributed by atoms with Gasteiger partial charge in [-0.2, -0.15) is 0 Å². The van der Waals surface area contributed by atoms with Gasteiger partial charge in [0, 0.05) is 6.04 Å². The minimum Gasteiger partial charge on any atom is -0.395 e. The molecule has 1 aromatic rings. The van der Waals surface area contributed by atoms with E-state index in [9.17, 15) is 8.42 Å². The summed E-state index contributed by atoms with van der Waals surface area (Å²) in [5.74, 6) is 0. The van der Waals surface area contributed by atoms with E-state index in [2.05, 4.69) is 4.72 Å². The Morgan fingerprint density at radius 3 is 2.59 bits per heavy atom. The van der Waals surface area contributed by atoms with Crippen molar-refractivity contribution in [2.45, 2.75) is 31.2 Å². The summed E-state index contributed by atoms with van der Waals surface area (Å²) in [6.45, 7) is 3.39. The third kappa shape index (κ3) is 3.67. The predicted molar refractivity (Wildman–Crippen MR) is 67.7 cm³/mol. The molecule has 0 aliphatic carbocycles. The highest BCUT2D eigenvalue weighted by Gasteiger charge is 2.21. The van der Waals surface area contributed by atoms with E-state index in [1.54, 1.807) is 19.1 Å². The fourth-order valence-electron chi connectivity index (χ4n) is 1.36. The minimum atomic E-state index is -3.67. The van der Waals surface area contributed by atoms with Crippen molar-refractivity contribution in [3.63, 3.8) is 0 Å².